The van der Waals surface area contributed by atoms with Crippen molar-refractivity contribution in [3.05, 3.63) is 33.3 Å². The number of oxime groups is 1. The van der Waals surface area contributed by atoms with Crippen molar-refractivity contribution in [1.29, 1.82) is 0 Å². The van der Waals surface area contributed by atoms with Gasteiger partial charge in [0.15, 0.2) is 6.61 Å². The van der Waals surface area contributed by atoms with Crippen molar-refractivity contribution in [3.63, 3.8) is 0 Å². The topological polar surface area (TPSA) is 46.1 Å². The molecular weight excluding hydrogens is 391 g/mol. The second kappa shape index (κ2) is 8.73. The third-order valence-corrected chi connectivity index (χ3v) is 6.16. The monoisotopic (exact) mass is 417 g/mol. The Kier molecular flexibility index (Phi) is 6.54. The molecule has 1 aromatic heterocycles. The van der Waals surface area contributed by atoms with Gasteiger partial charge in [0.05, 0.1) is 17.8 Å². The molecule has 2 heterocycles. The summed E-state index contributed by atoms with van der Waals surface area (Å²) in [6.07, 6.45) is 1.85. The Morgan fingerprint density at radius 1 is 1.25 bits per heavy atom. The molecule has 0 radical (unpaired) electrons. The Morgan fingerprint density at radius 2 is 1.96 bits per heavy atom. The van der Waals surface area contributed by atoms with Crippen molar-refractivity contribution in [2.75, 3.05) is 7.05 Å². The molecule has 1 atom stereocenters. The lowest BCUT2D eigenvalue weighted by molar-refractivity contribution is -0.134. The second-order valence-corrected chi connectivity index (χ2v) is 8.61. The van der Waals surface area contributed by atoms with E-state index in [0.29, 0.717) is 16.2 Å². The molecule has 5 nitrogen and oxygen atoms in total. The second-order valence-electron chi connectivity index (χ2n) is 7.44. The summed E-state index contributed by atoms with van der Waals surface area (Å²) >= 11 is 0.666. The van der Waals surface area contributed by atoms with Gasteiger partial charge in [-0.2, -0.15) is 13.2 Å². The molecule has 1 fully saturated rings. The van der Waals surface area contributed by atoms with E-state index in [1.807, 2.05) is 19.0 Å². The van der Waals surface area contributed by atoms with Crippen molar-refractivity contribution < 1.29 is 22.7 Å². The first-order chi connectivity index (χ1) is 13.2. The fourth-order valence-electron chi connectivity index (χ4n) is 3.42. The van der Waals surface area contributed by atoms with Crippen LogP contribution in [0.25, 0.3) is 0 Å². The van der Waals surface area contributed by atoms with Crippen LogP contribution < -0.4 is 5.43 Å². The maximum atomic E-state index is 12.6. The SMILES string of the molecule is CC1CCC(OC2=C(/C=N/OCc3ccc(C(F)(F)F)s3)C(C)NN2C)CC1. The Balaban J connectivity index is 1.59. The number of ether oxygens (including phenoxy) is 1. The molecule has 0 spiro atoms. The molecule has 9 heteroatoms. The number of rotatable bonds is 6. The fraction of sp³-hybridized carbons (Fsp3) is 0.632. The number of hydrazine groups is 1. The number of alkyl halides is 3. The molecule has 3 rings (SSSR count). The molecule has 2 aliphatic rings. The lowest BCUT2D eigenvalue weighted by atomic mass is 9.89. The van der Waals surface area contributed by atoms with Gasteiger partial charge in [0.25, 0.3) is 0 Å². The summed E-state index contributed by atoms with van der Waals surface area (Å²) in [6.45, 7) is 4.26. The maximum Gasteiger partial charge on any atom is 0.425 e. The first kappa shape index (κ1) is 21.0. The van der Waals surface area contributed by atoms with Gasteiger partial charge in [-0.15, -0.1) is 11.3 Å². The first-order valence-corrected chi connectivity index (χ1v) is 10.3. The van der Waals surface area contributed by atoms with Gasteiger partial charge in [0.2, 0.25) is 5.88 Å². The van der Waals surface area contributed by atoms with Crippen molar-refractivity contribution in [2.45, 2.75) is 64.5 Å². The van der Waals surface area contributed by atoms with E-state index >= 15 is 0 Å². The van der Waals surface area contributed by atoms with Crippen molar-refractivity contribution >= 4 is 17.6 Å². The zero-order valence-electron chi connectivity index (χ0n) is 16.3. The molecule has 1 aliphatic heterocycles. The molecule has 1 N–H and O–H groups in total. The molecule has 1 unspecified atom stereocenters. The predicted molar refractivity (Wildman–Crippen MR) is 102 cm³/mol. The van der Waals surface area contributed by atoms with Gasteiger partial charge >= 0.3 is 6.18 Å². The Hall–Kier alpha value is -1.74. The number of thiophene rings is 1. The van der Waals surface area contributed by atoms with Crippen LogP contribution in [0.3, 0.4) is 0 Å². The van der Waals surface area contributed by atoms with Crippen LogP contribution in [0.1, 0.15) is 49.3 Å². The smallest absolute Gasteiger partial charge is 0.425 e. The predicted octanol–water partition coefficient (Wildman–Crippen LogP) is 4.91. The lowest BCUT2D eigenvalue weighted by Crippen LogP contribution is -2.34. The van der Waals surface area contributed by atoms with E-state index in [-0.39, 0.29) is 18.8 Å². The van der Waals surface area contributed by atoms with Crippen LogP contribution in [0.15, 0.2) is 28.7 Å². The van der Waals surface area contributed by atoms with Crippen LogP contribution in [-0.4, -0.2) is 30.4 Å². The largest absolute Gasteiger partial charge is 0.475 e. The van der Waals surface area contributed by atoms with E-state index in [0.717, 1.165) is 49.1 Å². The van der Waals surface area contributed by atoms with Gasteiger partial charge in [-0.05, 0) is 50.7 Å². The third kappa shape index (κ3) is 5.20. The van der Waals surface area contributed by atoms with Gasteiger partial charge < -0.3 is 9.57 Å². The average Bonchev–Trinajstić information content (AvgIpc) is 3.20. The quantitative estimate of drug-likeness (QED) is 0.527. The summed E-state index contributed by atoms with van der Waals surface area (Å²) in [5.74, 6) is 1.48. The molecule has 0 amide bonds. The van der Waals surface area contributed by atoms with Crippen LogP contribution in [0.2, 0.25) is 0 Å². The maximum absolute atomic E-state index is 12.6. The summed E-state index contributed by atoms with van der Waals surface area (Å²) < 4.78 is 44.1. The molecule has 0 bridgehead atoms. The van der Waals surface area contributed by atoms with E-state index < -0.39 is 11.1 Å². The minimum atomic E-state index is -4.32. The van der Waals surface area contributed by atoms with Gasteiger partial charge in [0, 0.05) is 11.9 Å². The molecule has 1 aliphatic carbocycles. The minimum Gasteiger partial charge on any atom is -0.475 e. The van der Waals surface area contributed by atoms with Crippen molar-refractivity contribution in [3.8, 4) is 0 Å². The van der Waals surface area contributed by atoms with E-state index in [1.54, 1.807) is 6.21 Å². The molecular formula is C19H26F3N3O2S. The summed E-state index contributed by atoms with van der Waals surface area (Å²) in [5, 5.41) is 5.80. The summed E-state index contributed by atoms with van der Waals surface area (Å²) in [6, 6.07) is 2.48. The van der Waals surface area contributed by atoms with Crippen molar-refractivity contribution in [2.24, 2.45) is 11.1 Å². The number of nitrogens with one attached hydrogen (secondary N) is 1. The number of hydrogen-bond donors (Lipinski definition) is 1. The number of nitrogens with zero attached hydrogens (tertiary/aromatic N) is 2. The zero-order chi connectivity index (χ0) is 20.3. The molecule has 1 aromatic rings. The summed E-state index contributed by atoms with van der Waals surface area (Å²) in [4.78, 5) is 5.06. The van der Waals surface area contributed by atoms with E-state index in [2.05, 4.69) is 17.5 Å². The van der Waals surface area contributed by atoms with Gasteiger partial charge in [-0.1, -0.05) is 12.1 Å². The molecule has 0 saturated heterocycles. The molecule has 156 valence electrons. The van der Waals surface area contributed by atoms with Crippen LogP contribution in [-0.2, 0) is 22.4 Å². The minimum absolute atomic E-state index is 0.00111. The van der Waals surface area contributed by atoms with Crippen LogP contribution in [0.5, 0.6) is 0 Å². The average molecular weight is 417 g/mol. The Labute approximate surface area is 167 Å². The zero-order valence-corrected chi connectivity index (χ0v) is 17.1. The highest BCUT2D eigenvalue weighted by atomic mass is 32.1. The highest BCUT2D eigenvalue weighted by Gasteiger charge is 2.32. The summed E-state index contributed by atoms with van der Waals surface area (Å²) in [7, 11) is 1.89. The van der Waals surface area contributed by atoms with Gasteiger partial charge in [-0.25, -0.2) is 5.43 Å². The van der Waals surface area contributed by atoms with Gasteiger partial charge in [-0.3, -0.25) is 5.01 Å². The molecule has 0 aromatic carbocycles. The Morgan fingerprint density at radius 3 is 2.61 bits per heavy atom. The Bertz CT molecular complexity index is 724. The van der Waals surface area contributed by atoms with E-state index in [4.69, 9.17) is 9.57 Å². The lowest BCUT2D eigenvalue weighted by Gasteiger charge is -2.29. The van der Waals surface area contributed by atoms with Crippen LogP contribution >= 0.6 is 11.3 Å². The fourth-order valence-corrected chi connectivity index (χ4v) is 4.20. The standard InChI is InChI=1S/C19H26F3N3O2S/c1-12-4-6-14(7-5-12)27-18-16(13(2)24-25(18)3)10-23-26-11-15-8-9-17(28-15)19(20,21)22/h8-10,12-14,24H,4-7,11H2,1-3H3/b23-10+. The van der Waals surface area contributed by atoms with Crippen LogP contribution in [0.4, 0.5) is 13.2 Å². The van der Waals surface area contributed by atoms with Crippen LogP contribution in [0, 0.1) is 5.92 Å². The highest BCUT2D eigenvalue weighted by molar-refractivity contribution is 7.12. The van der Waals surface area contributed by atoms with E-state index in [1.165, 1.54) is 6.07 Å². The number of halogens is 3. The number of hydrogen-bond acceptors (Lipinski definition) is 6. The molecule has 1 saturated carbocycles. The van der Waals surface area contributed by atoms with E-state index in [9.17, 15) is 13.2 Å². The third-order valence-electron chi connectivity index (χ3n) is 5.06. The normalized spacial score (nSPS) is 26.4. The van der Waals surface area contributed by atoms with Gasteiger partial charge in [0.1, 0.15) is 11.0 Å². The molecule has 28 heavy (non-hydrogen) atoms. The van der Waals surface area contributed by atoms with Crippen molar-refractivity contribution in [1.82, 2.24) is 10.4 Å². The first-order valence-electron chi connectivity index (χ1n) is 9.46. The highest BCUT2D eigenvalue weighted by Crippen LogP contribution is 2.35. The summed E-state index contributed by atoms with van der Waals surface area (Å²) in [5.41, 5.74) is 4.12.